The van der Waals surface area contributed by atoms with E-state index in [9.17, 15) is 18.0 Å². The molecule has 1 N–H and O–H groups in total. The highest BCUT2D eigenvalue weighted by Gasteiger charge is 2.31. The quantitative estimate of drug-likeness (QED) is 0.918. The van der Waals surface area contributed by atoms with E-state index in [1.54, 1.807) is 12.1 Å². The first kappa shape index (κ1) is 14.4. The van der Waals surface area contributed by atoms with E-state index in [1.165, 1.54) is 18.2 Å². The lowest BCUT2D eigenvalue weighted by Crippen LogP contribution is -2.17. The third kappa shape index (κ3) is 3.76. The second-order valence-electron chi connectivity index (χ2n) is 4.61. The second kappa shape index (κ2) is 5.56. The Morgan fingerprint density at radius 1 is 1.35 bits per heavy atom. The average Bonchev–Trinajstić information content (AvgIpc) is 2.37. The van der Waals surface area contributed by atoms with E-state index in [1.807, 2.05) is 0 Å². The molecule has 2 rings (SSSR count). The van der Waals surface area contributed by atoms with Crippen molar-refractivity contribution in [1.29, 1.82) is 0 Å². The Bertz CT molecular complexity index is 535. The van der Waals surface area contributed by atoms with Crippen LogP contribution in [-0.2, 0) is 4.79 Å². The molecule has 0 unspecified atom stereocenters. The van der Waals surface area contributed by atoms with Crippen molar-refractivity contribution in [1.82, 2.24) is 0 Å². The number of ether oxygens (including phenoxy) is 1. The van der Waals surface area contributed by atoms with Crippen molar-refractivity contribution < 1.29 is 27.8 Å². The second-order valence-corrected chi connectivity index (χ2v) is 4.61. The normalized spacial score (nSPS) is 19.4. The highest BCUT2D eigenvalue weighted by Crippen LogP contribution is 2.32. The summed E-state index contributed by atoms with van der Waals surface area (Å²) in [6, 6.07) is 5.73. The Morgan fingerprint density at radius 3 is 2.65 bits per heavy atom. The molecule has 0 amide bonds. The highest BCUT2D eigenvalue weighted by molar-refractivity contribution is 5.74. The highest BCUT2D eigenvalue weighted by atomic mass is 19.4. The molecule has 6 heteroatoms. The van der Waals surface area contributed by atoms with E-state index < -0.39 is 18.2 Å². The van der Waals surface area contributed by atoms with Gasteiger partial charge in [-0.15, -0.1) is 13.2 Å². The minimum atomic E-state index is -4.71. The Labute approximate surface area is 113 Å². The van der Waals surface area contributed by atoms with Crippen molar-refractivity contribution in [3.05, 3.63) is 35.9 Å². The van der Waals surface area contributed by atoms with Gasteiger partial charge < -0.3 is 9.84 Å². The van der Waals surface area contributed by atoms with Crippen LogP contribution in [0.5, 0.6) is 5.75 Å². The predicted molar refractivity (Wildman–Crippen MR) is 66.1 cm³/mol. The molecule has 0 radical (unpaired) electrons. The molecule has 1 aliphatic rings. The molecule has 0 bridgehead atoms. The van der Waals surface area contributed by atoms with E-state index in [0.29, 0.717) is 24.8 Å². The summed E-state index contributed by atoms with van der Waals surface area (Å²) in [6.07, 6.45) is -1.52. The Morgan fingerprint density at radius 2 is 2.10 bits per heavy atom. The van der Waals surface area contributed by atoms with Gasteiger partial charge in [0.05, 0.1) is 5.92 Å². The van der Waals surface area contributed by atoms with Crippen LogP contribution in [0.4, 0.5) is 13.2 Å². The number of allylic oxidation sites excluding steroid dienone is 2. The fourth-order valence-corrected chi connectivity index (χ4v) is 2.21. The van der Waals surface area contributed by atoms with E-state index >= 15 is 0 Å². The fourth-order valence-electron chi connectivity index (χ4n) is 2.21. The number of rotatable bonds is 3. The van der Waals surface area contributed by atoms with Crippen molar-refractivity contribution in [3.8, 4) is 5.75 Å². The molecule has 1 aliphatic carbocycles. The maximum absolute atomic E-state index is 12.2. The molecular weight excluding hydrogens is 273 g/mol. The van der Waals surface area contributed by atoms with Gasteiger partial charge in [0.25, 0.3) is 0 Å². The number of carbonyl (C=O) groups is 1. The molecule has 108 valence electrons. The Hall–Kier alpha value is -1.98. The summed E-state index contributed by atoms with van der Waals surface area (Å²) in [4.78, 5) is 10.8. The van der Waals surface area contributed by atoms with E-state index in [0.717, 1.165) is 5.57 Å². The van der Waals surface area contributed by atoms with Gasteiger partial charge >= 0.3 is 12.3 Å². The van der Waals surface area contributed by atoms with Crippen LogP contribution in [0.25, 0.3) is 5.57 Å². The van der Waals surface area contributed by atoms with Crippen LogP contribution >= 0.6 is 0 Å². The summed E-state index contributed by atoms with van der Waals surface area (Å²) in [7, 11) is 0. The van der Waals surface area contributed by atoms with Crippen molar-refractivity contribution in [3.63, 3.8) is 0 Å². The summed E-state index contributed by atoms with van der Waals surface area (Å²) in [5.41, 5.74) is 1.49. The number of carboxylic acid groups (broad SMARTS) is 1. The van der Waals surface area contributed by atoms with E-state index in [4.69, 9.17) is 5.11 Å². The van der Waals surface area contributed by atoms with Crippen LogP contribution in [0.1, 0.15) is 24.8 Å². The Balaban J connectivity index is 2.14. The molecule has 0 fully saturated rings. The summed E-state index contributed by atoms with van der Waals surface area (Å²) in [6.45, 7) is 0. The summed E-state index contributed by atoms with van der Waals surface area (Å²) >= 11 is 0. The van der Waals surface area contributed by atoms with Crippen molar-refractivity contribution in [2.75, 3.05) is 0 Å². The van der Waals surface area contributed by atoms with Gasteiger partial charge in [-0.2, -0.15) is 0 Å². The molecule has 0 saturated heterocycles. The first-order chi connectivity index (χ1) is 9.35. The van der Waals surface area contributed by atoms with E-state index in [2.05, 4.69) is 4.74 Å². The predicted octanol–water partition coefficient (Wildman–Crippen LogP) is 3.85. The number of halogens is 3. The lowest BCUT2D eigenvalue weighted by molar-refractivity contribution is -0.274. The van der Waals surface area contributed by atoms with Gasteiger partial charge in [0.2, 0.25) is 0 Å². The molecule has 20 heavy (non-hydrogen) atoms. The van der Waals surface area contributed by atoms with E-state index in [-0.39, 0.29) is 5.75 Å². The minimum Gasteiger partial charge on any atom is -0.481 e. The molecule has 1 atom stereocenters. The van der Waals surface area contributed by atoms with Crippen LogP contribution in [0, 0.1) is 5.92 Å². The Kier molecular flexibility index (Phi) is 4.01. The van der Waals surface area contributed by atoms with Gasteiger partial charge in [0, 0.05) is 0 Å². The van der Waals surface area contributed by atoms with Crippen LogP contribution in [0.15, 0.2) is 30.3 Å². The molecule has 0 aromatic heterocycles. The number of benzene rings is 1. The third-order valence-corrected chi connectivity index (χ3v) is 3.20. The number of hydrogen-bond donors (Lipinski definition) is 1. The van der Waals surface area contributed by atoms with Gasteiger partial charge in [-0.25, -0.2) is 0 Å². The average molecular weight is 286 g/mol. The molecular formula is C14H13F3O3. The molecule has 1 aromatic carbocycles. The van der Waals surface area contributed by atoms with Crippen molar-refractivity contribution in [2.45, 2.75) is 25.6 Å². The maximum atomic E-state index is 12.2. The van der Waals surface area contributed by atoms with Crippen LogP contribution in [0.2, 0.25) is 0 Å². The van der Waals surface area contributed by atoms with Gasteiger partial charge in [-0.05, 0) is 42.5 Å². The first-order valence-corrected chi connectivity index (χ1v) is 6.13. The zero-order valence-corrected chi connectivity index (χ0v) is 10.5. The smallest absolute Gasteiger partial charge is 0.481 e. The summed E-state index contributed by atoms with van der Waals surface area (Å²) < 4.78 is 40.3. The monoisotopic (exact) mass is 286 g/mol. The first-order valence-electron chi connectivity index (χ1n) is 6.13. The molecule has 0 spiro atoms. The van der Waals surface area contributed by atoms with Crippen LogP contribution in [0.3, 0.4) is 0 Å². The number of aliphatic carboxylic acids is 1. The summed E-state index contributed by atoms with van der Waals surface area (Å²) in [5, 5.41) is 8.89. The SMILES string of the molecule is O=C(O)[C@@H]1CC=C(c2cccc(OC(F)(F)F)c2)CC1. The largest absolute Gasteiger partial charge is 0.573 e. The molecule has 1 aromatic rings. The van der Waals surface area contributed by atoms with Gasteiger partial charge in [0.1, 0.15) is 5.75 Å². The molecule has 0 aliphatic heterocycles. The topological polar surface area (TPSA) is 46.5 Å². The molecule has 0 saturated carbocycles. The maximum Gasteiger partial charge on any atom is 0.573 e. The summed E-state index contributed by atoms with van der Waals surface area (Å²) in [5.74, 6) is -1.51. The van der Waals surface area contributed by atoms with Crippen molar-refractivity contribution >= 4 is 11.5 Å². The van der Waals surface area contributed by atoms with Gasteiger partial charge in [-0.3, -0.25) is 4.79 Å². The number of alkyl halides is 3. The van der Waals surface area contributed by atoms with Crippen LogP contribution in [-0.4, -0.2) is 17.4 Å². The standard InChI is InChI=1S/C14H13F3O3/c15-14(16,17)20-12-3-1-2-11(8-12)9-4-6-10(7-5-9)13(18)19/h1-4,8,10H,5-7H2,(H,18,19)/t10-/m1/s1. The zero-order valence-electron chi connectivity index (χ0n) is 10.5. The lowest BCUT2D eigenvalue weighted by atomic mass is 9.86. The zero-order chi connectivity index (χ0) is 14.8. The minimum absolute atomic E-state index is 0.267. The lowest BCUT2D eigenvalue weighted by Gasteiger charge is -2.19. The molecule has 3 nitrogen and oxygen atoms in total. The molecule has 0 heterocycles. The third-order valence-electron chi connectivity index (χ3n) is 3.20. The van der Waals surface area contributed by atoms with Gasteiger partial charge in [-0.1, -0.05) is 18.2 Å². The van der Waals surface area contributed by atoms with Crippen LogP contribution < -0.4 is 4.74 Å². The van der Waals surface area contributed by atoms with Crippen molar-refractivity contribution in [2.24, 2.45) is 5.92 Å². The van der Waals surface area contributed by atoms with Gasteiger partial charge in [0.15, 0.2) is 0 Å². The fraction of sp³-hybridized carbons (Fsp3) is 0.357. The number of carboxylic acids is 1. The number of hydrogen-bond acceptors (Lipinski definition) is 2.